The third-order valence-electron chi connectivity index (χ3n) is 6.85. The number of carboxylic acid groups (broad SMARTS) is 1. The number of carboxylic acids is 1. The Kier molecular flexibility index (Phi) is 9.14. The Bertz CT molecular complexity index is 1200. The molecule has 2 aliphatic rings. The number of halogens is 7. The molecule has 0 bridgehead atoms. The zero-order valence-electron chi connectivity index (χ0n) is 21.2. The Labute approximate surface area is 220 Å². The SMILES string of the molecule is Cc1ccc(F)cc1C(=O)Nc1ccc(N2CCC(N3CCCC3C)C2)cc1C(F)(F)F.O=C(O)C(F)(F)F. The molecule has 1 amide bonds. The van der Waals surface area contributed by atoms with E-state index in [1.54, 1.807) is 13.0 Å². The van der Waals surface area contributed by atoms with Crippen molar-refractivity contribution in [2.45, 2.75) is 57.5 Å². The summed E-state index contributed by atoms with van der Waals surface area (Å²) < 4.78 is 86.8. The van der Waals surface area contributed by atoms with E-state index in [2.05, 4.69) is 17.1 Å². The number of alkyl halides is 6. The maximum Gasteiger partial charge on any atom is 0.490 e. The van der Waals surface area contributed by atoms with Crippen molar-refractivity contribution in [2.24, 2.45) is 0 Å². The van der Waals surface area contributed by atoms with Crippen molar-refractivity contribution >= 4 is 23.3 Å². The lowest BCUT2D eigenvalue weighted by Gasteiger charge is -2.29. The first kappa shape index (κ1) is 30.2. The number of nitrogens with one attached hydrogen (secondary N) is 1. The van der Waals surface area contributed by atoms with Crippen molar-refractivity contribution in [1.82, 2.24) is 4.90 Å². The van der Waals surface area contributed by atoms with Gasteiger partial charge in [-0.15, -0.1) is 0 Å². The number of hydrogen-bond donors (Lipinski definition) is 2. The molecule has 2 saturated heterocycles. The summed E-state index contributed by atoms with van der Waals surface area (Å²) in [4.78, 5) is 25.9. The minimum absolute atomic E-state index is 0.00400. The van der Waals surface area contributed by atoms with Crippen molar-refractivity contribution in [3.8, 4) is 0 Å². The molecule has 0 saturated carbocycles. The number of aliphatic carboxylic acids is 1. The molecule has 2 aliphatic heterocycles. The van der Waals surface area contributed by atoms with Gasteiger partial charge >= 0.3 is 18.3 Å². The third kappa shape index (κ3) is 7.61. The van der Waals surface area contributed by atoms with Gasteiger partial charge in [0.25, 0.3) is 5.91 Å². The number of rotatable bonds is 4. The minimum Gasteiger partial charge on any atom is -0.475 e. The van der Waals surface area contributed by atoms with Crippen LogP contribution in [0.3, 0.4) is 0 Å². The van der Waals surface area contributed by atoms with Gasteiger partial charge in [-0.1, -0.05) is 6.07 Å². The van der Waals surface area contributed by atoms with Crippen LogP contribution in [0.15, 0.2) is 36.4 Å². The molecule has 2 aromatic carbocycles. The van der Waals surface area contributed by atoms with E-state index in [-0.39, 0.29) is 11.3 Å². The fourth-order valence-electron chi connectivity index (χ4n) is 4.85. The molecular formula is C26H28F7N3O3. The lowest BCUT2D eigenvalue weighted by atomic mass is 10.1. The molecule has 2 fully saturated rings. The van der Waals surface area contributed by atoms with Gasteiger partial charge in [-0.2, -0.15) is 26.3 Å². The standard InChI is InChI=1S/C24H27F4N3O.C2HF3O2/c1-15-5-6-17(25)12-20(15)23(32)29-22-8-7-18(13-21(22)24(26,27)28)30-11-9-19(14-30)31-10-3-4-16(31)2;3-2(4,5)1(6)7/h5-8,12-13,16,19H,3-4,9-11,14H2,1-2H3,(H,29,32);(H,6,7). The highest BCUT2D eigenvalue weighted by Crippen LogP contribution is 2.39. The van der Waals surface area contributed by atoms with Crippen molar-refractivity contribution in [3.05, 3.63) is 58.9 Å². The molecular weight excluding hydrogens is 535 g/mol. The van der Waals surface area contributed by atoms with Crippen LogP contribution < -0.4 is 10.2 Å². The topological polar surface area (TPSA) is 72.9 Å². The van der Waals surface area contributed by atoms with Gasteiger partial charge in [-0.3, -0.25) is 9.69 Å². The largest absolute Gasteiger partial charge is 0.490 e. The summed E-state index contributed by atoms with van der Waals surface area (Å²) in [6.07, 6.45) is -6.48. The molecule has 39 heavy (non-hydrogen) atoms. The zero-order chi connectivity index (χ0) is 29.1. The van der Waals surface area contributed by atoms with E-state index < -0.39 is 35.6 Å². The Morgan fingerprint density at radius 2 is 1.67 bits per heavy atom. The van der Waals surface area contributed by atoms with E-state index in [1.807, 2.05) is 4.90 Å². The lowest BCUT2D eigenvalue weighted by Crippen LogP contribution is -2.39. The second-order valence-corrected chi connectivity index (χ2v) is 9.56. The van der Waals surface area contributed by atoms with E-state index in [9.17, 15) is 35.5 Å². The molecule has 4 rings (SSSR count). The summed E-state index contributed by atoms with van der Waals surface area (Å²) in [7, 11) is 0. The number of carbonyl (C=O) groups excluding carboxylic acids is 1. The van der Waals surface area contributed by atoms with Crippen LogP contribution in [0.4, 0.5) is 42.1 Å². The average Bonchev–Trinajstić information content (AvgIpc) is 3.49. The van der Waals surface area contributed by atoms with Crippen LogP contribution in [0.5, 0.6) is 0 Å². The Morgan fingerprint density at radius 1 is 1.00 bits per heavy atom. The molecule has 2 aromatic rings. The van der Waals surface area contributed by atoms with Crippen molar-refractivity contribution in [3.63, 3.8) is 0 Å². The van der Waals surface area contributed by atoms with E-state index >= 15 is 0 Å². The fourth-order valence-corrected chi connectivity index (χ4v) is 4.85. The highest BCUT2D eigenvalue weighted by molar-refractivity contribution is 6.05. The van der Waals surface area contributed by atoms with Crippen molar-refractivity contribution < 1.29 is 45.4 Å². The second kappa shape index (κ2) is 11.8. The van der Waals surface area contributed by atoms with Crippen LogP contribution in [0.2, 0.25) is 0 Å². The molecule has 0 spiro atoms. The number of likely N-dealkylation sites (tertiary alicyclic amines) is 1. The molecule has 0 aromatic heterocycles. The van der Waals surface area contributed by atoms with Gasteiger partial charge in [-0.05, 0) is 75.5 Å². The van der Waals surface area contributed by atoms with Crippen LogP contribution in [0, 0.1) is 12.7 Å². The molecule has 0 radical (unpaired) electrons. The van der Waals surface area contributed by atoms with Gasteiger partial charge in [0.2, 0.25) is 0 Å². The number of aryl methyl sites for hydroxylation is 1. The Morgan fingerprint density at radius 3 is 2.23 bits per heavy atom. The monoisotopic (exact) mass is 563 g/mol. The van der Waals surface area contributed by atoms with Crippen LogP contribution >= 0.6 is 0 Å². The molecule has 2 unspecified atom stereocenters. The number of carbonyl (C=O) groups is 2. The first-order chi connectivity index (χ1) is 18.1. The number of amides is 1. The van der Waals surface area contributed by atoms with Crippen LogP contribution in [0.25, 0.3) is 0 Å². The first-order valence-corrected chi connectivity index (χ1v) is 12.2. The summed E-state index contributed by atoms with van der Waals surface area (Å²) >= 11 is 0. The molecule has 2 N–H and O–H groups in total. The highest BCUT2D eigenvalue weighted by Gasteiger charge is 2.38. The summed E-state index contributed by atoms with van der Waals surface area (Å²) in [5.74, 6) is -4.15. The fraction of sp³-hybridized carbons (Fsp3) is 0.462. The van der Waals surface area contributed by atoms with Gasteiger partial charge in [-0.25, -0.2) is 9.18 Å². The molecule has 2 heterocycles. The molecule has 2 atom stereocenters. The smallest absolute Gasteiger partial charge is 0.475 e. The second-order valence-electron chi connectivity index (χ2n) is 9.56. The van der Waals surface area contributed by atoms with Gasteiger partial charge in [0, 0.05) is 36.4 Å². The summed E-state index contributed by atoms with van der Waals surface area (Å²) in [6, 6.07) is 8.50. The summed E-state index contributed by atoms with van der Waals surface area (Å²) in [6.45, 7) is 6.23. The van der Waals surface area contributed by atoms with E-state index in [1.165, 1.54) is 18.2 Å². The molecule has 13 heteroatoms. The van der Waals surface area contributed by atoms with Crippen molar-refractivity contribution in [2.75, 3.05) is 29.9 Å². The van der Waals surface area contributed by atoms with Gasteiger partial charge < -0.3 is 15.3 Å². The summed E-state index contributed by atoms with van der Waals surface area (Å²) in [5.41, 5.74) is -0.265. The minimum atomic E-state index is -5.08. The zero-order valence-corrected chi connectivity index (χ0v) is 21.2. The average molecular weight is 564 g/mol. The maximum atomic E-state index is 13.8. The first-order valence-electron chi connectivity index (χ1n) is 12.2. The van der Waals surface area contributed by atoms with Crippen LogP contribution in [-0.4, -0.2) is 59.8 Å². The Balaban J connectivity index is 0.000000532. The number of benzene rings is 2. The normalized spacial score (nSPS) is 20.0. The third-order valence-corrected chi connectivity index (χ3v) is 6.85. The Hall–Kier alpha value is -3.35. The molecule has 214 valence electrons. The molecule has 6 nitrogen and oxygen atoms in total. The van der Waals surface area contributed by atoms with Crippen LogP contribution in [-0.2, 0) is 11.0 Å². The van der Waals surface area contributed by atoms with E-state index in [4.69, 9.17) is 9.90 Å². The number of hydrogen-bond acceptors (Lipinski definition) is 4. The summed E-state index contributed by atoms with van der Waals surface area (Å²) in [5, 5.41) is 9.45. The lowest BCUT2D eigenvalue weighted by molar-refractivity contribution is -0.192. The quantitative estimate of drug-likeness (QED) is 0.440. The molecule has 0 aliphatic carbocycles. The van der Waals surface area contributed by atoms with E-state index in [0.717, 1.165) is 37.9 Å². The van der Waals surface area contributed by atoms with Gasteiger partial charge in [0.15, 0.2) is 0 Å². The highest BCUT2D eigenvalue weighted by atomic mass is 19.4. The number of nitrogens with zero attached hydrogens (tertiary/aromatic N) is 2. The predicted octanol–water partition coefficient (Wildman–Crippen LogP) is 6.10. The van der Waals surface area contributed by atoms with E-state index in [0.29, 0.717) is 36.4 Å². The van der Waals surface area contributed by atoms with Crippen molar-refractivity contribution in [1.29, 1.82) is 0 Å². The van der Waals surface area contributed by atoms with Gasteiger partial charge in [0.1, 0.15) is 5.82 Å². The van der Waals surface area contributed by atoms with Gasteiger partial charge in [0.05, 0.1) is 11.3 Å². The predicted molar refractivity (Wildman–Crippen MR) is 130 cm³/mol. The number of anilines is 2. The van der Waals surface area contributed by atoms with Crippen LogP contribution in [0.1, 0.15) is 47.7 Å². The maximum absolute atomic E-state index is 13.8.